The van der Waals surface area contributed by atoms with Gasteiger partial charge in [0.2, 0.25) is 0 Å². The minimum Gasteiger partial charge on any atom is -0.493 e. The van der Waals surface area contributed by atoms with Gasteiger partial charge in [-0.2, -0.15) is 0 Å². The largest absolute Gasteiger partial charge is 0.493 e. The second-order valence-electron chi connectivity index (χ2n) is 7.12. The molecule has 3 rings (SSSR count). The average Bonchev–Trinajstić information content (AvgIpc) is 2.72. The normalized spacial score (nSPS) is 31.4. The van der Waals surface area contributed by atoms with Gasteiger partial charge in [0, 0.05) is 44.8 Å². The van der Waals surface area contributed by atoms with Crippen molar-refractivity contribution in [1.29, 1.82) is 0 Å². The summed E-state index contributed by atoms with van der Waals surface area (Å²) in [5.41, 5.74) is 1.10. The Morgan fingerprint density at radius 3 is 2.32 bits per heavy atom. The Bertz CT molecular complexity index is 656. The van der Waals surface area contributed by atoms with Crippen molar-refractivity contribution in [2.75, 3.05) is 44.2 Å². The summed E-state index contributed by atoms with van der Waals surface area (Å²) in [4.78, 5) is 4.37. The van der Waals surface area contributed by atoms with Gasteiger partial charge in [-0.3, -0.25) is 4.90 Å². The van der Waals surface area contributed by atoms with E-state index in [-0.39, 0.29) is 0 Å². The molecule has 8 nitrogen and oxygen atoms in total. The van der Waals surface area contributed by atoms with Crippen molar-refractivity contribution in [3.8, 4) is 18.1 Å². The molecule has 0 aromatic heterocycles. The molecule has 1 aromatic carbocycles. The number of ether oxygens (including phenoxy) is 2. The van der Waals surface area contributed by atoms with Crippen LogP contribution in [0.15, 0.2) is 24.3 Å². The van der Waals surface area contributed by atoms with Crippen molar-refractivity contribution in [2.45, 2.75) is 37.1 Å². The van der Waals surface area contributed by atoms with Crippen LogP contribution in [0.3, 0.4) is 0 Å². The number of aliphatic hydroxyl groups excluding tert-OH is 4. The van der Waals surface area contributed by atoms with E-state index in [2.05, 4.69) is 15.7 Å². The van der Waals surface area contributed by atoms with Gasteiger partial charge in [-0.05, 0) is 24.3 Å². The molecule has 2 aliphatic heterocycles. The van der Waals surface area contributed by atoms with Crippen LogP contribution in [0.1, 0.15) is 6.42 Å². The number of hydrogen-bond acceptors (Lipinski definition) is 8. The summed E-state index contributed by atoms with van der Waals surface area (Å²) in [6.07, 6.45) is -0.608. The number of rotatable bonds is 6. The van der Waals surface area contributed by atoms with Crippen LogP contribution in [0.25, 0.3) is 0 Å². The zero-order valence-electron chi connectivity index (χ0n) is 15.7. The van der Waals surface area contributed by atoms with Crippen molar-refractivity contribution >= 4 is 5.69 Å². The van der Waals surface area contributed by atoms with Crippen LogP contribution in [-0.4, -0.2) is 95.4 Å². The van der Waals surface area contributed by atoms with Gasteiger partial charge in [0.25, 0.3) is 0 Å². The third-order valence-electron chi connectivity index (χ3n) is 5.21. The molecular weight excluding hydrogens is 364 g/mol. The predicted molar refractivity (Wildman–Crippen MR) is 103 cm³/mol. The van der Waals surface area contributed by atoms with Crippen molar-refractivity contribution in [3.05, 3.63) is 24.3 Å². The highest BCUT2D eigenvalue weighted by Crippen LogP contribution is 2.23. The summed E-state index contributed by atoms with van der Waals surface area (Å²) < 4.78 is 10.8. The van der Waals surface area contributed by atoms with Crippen molar-refractivity contribution in [2.24, 2.45) is 0 Å². The number of benzene rings is 1. The molecule has 0 aliphatic carbocycles. The van der Waals surface area contributed by atoms with E-state index in [4.69, 9.17) is 15.9 Å². The predicted octanol–water partition coefficient (Wildman–Crippen LogP) is -0.989. The highest BCUT2D eigenvalue weighted by atomic mass is 16.6. The smallest absolute Gasteiger partial charge is 0.184 e. The van der Waals surface area contributed by atoms with Crippen molar-refractivity contribution in [3.63, 3.8) is 0 Å². The standard InChI is InChI=1S/C20H28N2O6/c1-2-3-12-27-15-6-4-14(5-7-15)22-10-8-21(9-11-22)13-16-17(23)18(24)19(25)20(26)28-16/h1,4-7,16-20,23-26H,3,8-13H2/t16-,17?,18+,19-,20?/m1/s1. The van der Waals surface area contributed by atoms with E-state index >= 15 is 0 Å². The van der Waals surface area contributed by atoms with Crippen molar-refractivity contribution < 1.29 is 29.9 Å². The number of nitrogens with zero attached hydrogens (tertiary/aromatic N) is 2. The van der Waals surface area contributed by atoms with Crippen LogP contribution >= 0.6 is 0 Å². The van der Waals surface area contributed by atoms with Gasteiger partial charge < -0.3 is 34.8 Å². The first kappa shape index (κ1) is 20.9. The molecule has 8 heteroatoms. The topological polar surface area (TPSA) is 106 Å². The molecule has 5 atom stereocenters. The molecule has 2 fully saturated rings. The maximum atomic E-state index is 10.1. The molecule has 0 bridgehead atoms. The van der Waals surface area contributed by atoms with Gasteiger partial charge in [-0.15, -0.1) is 12.3 Å². The number of aliphatic hydroxyl groups is 4. The number of anilines is 1. The van der Waals surface area contributed by atoms with Gasteiger partial charge in [-0.25, -0.2) is 0 Å². The lowest BCUT2D eigenvalue weighted by molar-refractivity contribution is -0.283. The Hall–Kier alpha value is -1.86. The molecule has 0 radical (unpaired) electrons. The highest BCUT2D eigenvalue weighted by molar-refractivity contribution is 5.49. The molecule has 1 aromatic rings. The van der Waals surface area contributed by atoms with E-state index in [1.807, 2.05) is 24.3 Å². The Labute approximate surface area is 164 Å². The number of piperazine rings is 1. The van der Waals surface area contributed by atoms with Crippen LogP contribution in [0.5, 0.6) is 5.75 Å². The fourth-order valence-corrected chi connectivity index (χ4v) is 3.51. The van der Waals surface area contributed by atoms with Crippen LogP contribution in [0, 0.1) is 12.3 Å². The lowest BCUT2D eigenvalue weighted by Gasteiger charge is -2.42. The molecule has 0 spiro atoms. The third-order valence-corrected chi connectivity index (χ3v) is 5.21. The van der Waals surface area contributed by atoms with Gasteiger partial charge in [0.1, 0.15) is 30.2 Å². The van der Waals surface area contributed by atoms with Gasteiger partial charge >= 0.3 is 0 Å². The summed E-state index contributed by atoms with van der Waals surface area (Å²) in [5.74, 6) is 3.33. The summed E-state index contributed by atoms with van der Waals surface area (Å²) in [7, 11) is 0. The summed E-state index contributed by atoms with van der Waals surface area (Å²) in [5, 5.41) is 39.1. The first-order valence-electron chi connectivity index (χ1n) is 9.51. The van der Waals surface area contributed by atoms with E-state index in [0.717, 1.165) is 37.6 Å². The van der Waals surface area contributed by atoms with E-state index in [1.54, 1.807) is 0 Å². The van der Waals surface area contributed by atoms with E-state index in [9.17, 15) is 20.4 Å². The fourth-order valence-electron chi connectivity index (χ4n) is 3.51. The van der Waals surface area contributed by atoms with E-state index in [0.29, 0.717) is 19.6 Å². The molecule has 2 aliphatic rings. The molecule has 28 heavy (non-hydrogen) atoms. The van der Waals surface area contributed by atoms with Crippen LogP contribution in [-0.2, 0) is 4.74 Å². The van der Waals surface area contributed by atoms with Crippen molar-refractivity contribution in [1.82, 2.24) is 4.90 Å². The van der Waals surface area contributed by atoms with Gasteiger partial charge in [0.15, 0.2) is 6.29 Å². The molecule has 2 unspecified atom stereocenters. The van der Waals surface area contributed by atoms with Gasteiger partial charge in [0.05, 0.1) is 6.61 Å². The van der Waals surface area contributed by atoms with Gasteiger partial charge in [-0.1, -0.05) is 0 Å². The second kappa shape index (κ2) is 9.56. The molecule has 0 amide bonds. The van der Waals surface area contributed by atoms with Crippen LogP contribution in [0.4, 0.5) is 5.69 Å². The molecule has 2 saturated heterocycles. The van der Waals surface area contributed by atoms with Crippen LogP contribution in [0.2, 0.25) is 0 Å². The molecule has 154 valence electrons. The zero-order chi connectivity index (χ0) is 20.1. The number of terminal acetylenes is 1. The quantitative estimate of drug-likeness (QED) is 0.361. The third kappa shape index (κ3) is 4.94. The summed E-state index contributed by atoms with van der Waals surface area (Å²) >= 11 is 0. The Balaban J connectivity index is 1.47. The van der Waals surface area contributed by atoms with E-state index < -0.39 is 30.7 Å². The summed E-state index contributed by atoms with van der Waals surface area (Å²) in [6, 6.07) is 7.89. The Morgan fingerprint density at radius 2 is 1.68 bits per heavy atom. The Kier molecular flexibility index (Phi) is 7.13. The molecule has 4 N–H and O–H groups in total. The minimum atomic E-state index is -1.50. The highest BCUT2D eigenvalue weighted by Gasteiger charge is 2.43. The maximum absolute atomic E-state index is 10.1. The first-order chi connectivity index (χ1) is 13.5. The minimum absolute atomic E-state index is 0.373. The maximum Gasteiger partial charge on any atom is 0.184 e. The lowest BCUT2D eigenvalue weighted by atomic mass is 9.98. The SMILES string of the molecule is C#CCCOc1ccc(N2CCN(C[C@H]3OC(O)[C@H](O)[C@@H](O)C3O)CC2)cc1. The second-order valence-corrected chi connectivity index (χ2v) is 7.12. The lowest BCUT2D eigenvalue weighted by Crippen LogP contribution is -2.61. The zero-order valence-corrected chi connectivity index (χ0v) is 15.7. The average molecular weight is 392 g/mol. The molecule has 0 saturated carbocycles. The first-order valence-corrected chi connectivity index (χ1v) is 9.51. The molecular formula is C20H28N2O6. The monoisotopic (exact) mass is 392 g/mol. The van der Waals surface area contributed by atoms with Crippen LogP contribution < -0.4 is 9.64 Å². The fraction of sp³-hybridized carbons (Fsp3) is 0.600. The Morgan fingerprint density at radius 1 is 1.00 bits per heavy atom. The number of hydrogen-bond donors (Lipinski definition) is 4. The summed E-state index contributed by atoms with van der Waals surface area (Å²) in [6.45, 7) is 3.98. The van der Waals surface area contributed by atoms with E-state index in [1.165, 1.54) is 0 Å². The molecule has 2 heterocycles.